The zero-order valence-corrected chi connectivity index (χ0v) is 11.5. The average molecular weight is 242 g/mol. The first-order valence-corrected chi connectivity index (χ1v) is 6.67. The van der Waals surface area contributed by atoms with Crippen LogP contribution < -0.4 is 10.6 Å². The molecule has 1 rings (SSSR count). The predicted octanol–water partition coefficient (Wildman–Crippen LogP) is 1.16. The predicted molar refractivity (Wildman–Crippen MR) is 68.8 cm³/mol. The molecule has 1 aliphatic rings. The lowest BCUT2D eigenvalue weighted by atomic mass is 9.99. The molecule has 1 amide bonds. The molecule has 100 valence electrons. The minimum atomic E-state index is 0.109. The van der Waals surface area contributed by atoms with E-state index in [0.717, 1.165) is 13.0 Å². The van der Waals surface area contributed by atoms with Crippen LogP contribution in [-0.4, -0.2) is 37.7 Å². The van der Waals surface area contributed by atoms with E-state index in [0.29, 0.717) is 19.1 Å². The van der Waals surface area contributed by atoms with Crippen molar-refractivity contribution in [2.75, 3.05) is 19.8 Å². The van der Waals surface area contributed by atoms with Gasteiger partial charge >= 0.3 is 0 Å². The monoisotopic (exact) mass is 242 g/mol. The fourth-order valence-electron chi connectivity index (χ4n) is 2.15. The quantitative estimate of drug-likeness (QED) is 0.735. The number of hydrogen-bond acceptors (Lipinski definition) is 3. The molecule has 1 saturated heterocycles. The summed E-state index contributed by atoms with van der Waals surface area (Å²) in [4.78, 5) is 12.1. The minimum absolute atomic E-state index is 0.109. The van der Waals surface area contributed by atoms with E-state index in [9.17, 15) is 4.79 Å². The molecule has 1 heterocycles. The number of ether oxygens (including phenoxy) is 1. The summed E-state index contributed by atoms with van der Waals surface area (Å²) in [5.74, 6) is 0.675. The SMILES string of the molecule is CCOCC(NC(=O)C1CCNC1C)C(C)C. The highest BCUT2D eigenvalue weighted by Gasteiger charge is 2.30. The Balaban J connectivity index is 2.45. The first-order chi connectivity index (χ1) is 8.06. The topological polar surface area (TPSA) is 50.4 Å². The van der Waals surface area contributed by atoms with Gasteiger partial charge in [-0.3, -0.25) is 4.79 Å². The molecule has 0 aromatic carbocycles. The van der Waals surface area contributed by atoms with Crippen LogP contribution in [0.15, 0.2) is 0 Å². The highest BCUT2D eigenvalue weighted by atomic mass is 16.5. The van der Waals surface area contributed by atoms with Crippen LogP contribution in [0, 0.1) is 11.8 Å². The van der Waals surface area contributed by atoms with Crippen LogP contribution in [-0.2, 0) is 9.53 Å². The molecule has 2 N–H and O–H groups in total. The van der Waals surface area contributed by atoms with E-state index in [4.69, 9.17) is 4.74 Å². The van der Waals surface area contributed by atoms with E-state index in [1.54, 1.807) is 0 Å². The van der Waals surface area contributed by atoms with Crippen LogP contribution in [0.4, 0.5) is 0 Å². The van der Waals surface area contributed by atoms with Crippen molar-refractivity contribution in [3.8, 4) is 0 Å². The first kappa shape index (κ1) is 14.5. The third-order valence-electron chi connectivity index (χ3n) is 3.50. The van der Waals surface area contributed by atoms with Gasteiger partial charge in [-0.15, -0.1) is 0 Å². The summed E-state index contributed by atoms with van der Waals surface area (Å²) in [6.07, 6.45) is 0.937. The molecule has 0 bridgehead atoms. The maximum atomic E-state index is 12.1. The summed E-state index contributed by atoms with van der Waals surface area (Å²) in [6.45, 7) is 10.5. The summed E-state index contributed by atoms with van der Waals surface area (Å²) in [5.41, 5.74) is 0. The zero-order chi connectivity index (χ0) is 12.8. The highest BCUT2D eigenvalue weighted by Crippen LogP contribution is 2.16. The second kappa shape index (κ2) is 6.97. The van der Waals surface area contributed by atoms with Gasteiger partial charge in [-0.25, -0.2) is 0 Å². The van der Waals surface area contributed by atoms with Crippen LogP contribution >= 0.6 is 0 Å². The first-order valence-electron chi connectivity index (χ1n) is 6.67. The van der Waals surface area contributed by atoms with Gasteiger partial charge in [0.15, 0.2) is 0 Å². The molecule has 3 unspecified atom stereocenters. The van der Waals surface area contributed by atoms with Crippen molar-refractivity contribution < 1.29 is 9.53 Å². The minimum Gasteiger partial charge on any atom is -0.380 e. The highest BCUT2D eigenvalue weighted by molar-refractivity contribution is 5.80. The third kappa shape index (κ3) is 4.28. The van der Waals surface area contributed by atoms with E-state index in [1.165, 1.54) is 0 Å². The van der Waals surface area contributed by atoms with Crippen molar-refractivity contribution in [1.82, 2.24) is 10.6 Å². The Hall–Kier alpha value is -0.610. The van der Waals surface area contributed by atoms with Crippen molar-refractivity contribution in [1.29, 1.82) is 0 Å². The van der Waals surface area contributed by atoms with Crippen molar-refractivity contribution >= 4 is 5.91 Å². The summed E-state index contributed by atoms with van der Waals surface area (Å²) in [7, 11) is 0. The Bertz CT molecular complexity index is 244. The molecule has 1 fully saturated rings. The maximum Gasteiger partial charge on any atom is 0.225 e. The van der Waals surface area contributed by atoms with Crippen LogP contribution in [0.3, 0.4) is 0 Å². The fraction of sp³-hybridized carbons (Fsp3) is 0.923. The molecule has 0 saturated carbocycles. The number of amides is 1. The zero-order valence-electron chi connectivity index (χ0n) is 11.5. The lowest BCUT2D eigenvalue weighted by Crippen LogP contribution is -2.46. The molecule has 1 aliphatic heterocycles. The lowest BCUT2D eigenvalue weighted by molar-refractivity contribution is -0.126. The molecule has 0 aromatic heterocycles. The van der Waals surface area contributed by atoms with Gasteiger partial charge < -0.3 is 15.4 Å². The third-order valence-corrected chi connectivity index (χ3v) is 3.50. The lowest BCUT2D eigenvalue weighted by Gasteiger charge is -2.25. The van der Waals surface area contributed by atoms with E-state index in [1.807, 2.05) is 6.92 Å². The number of hydrogen-bond donors (Lipinski definition) is 2. The van der Waals surface area contributed by atoms with Crippen LogP contribution in [0.1, 0.15) is 34.1 Å². The Morgan fingerprint density at radius 1 is 1.53 bits per heavy atom. The van der Waals surface area contributed by atoms with Crippen molar-refractivity contribution in [2.24, 2.45) is 11.8 Å². The van der Waals surface area contributed by atoms with Crippen molar-refractivity contribution in [3.63, 3.8) is 0 Å². The second-order valence-electron chi connectivity index (χ2n) is 5.16. The average Bonchev–Trinajstić information content (AvgIpc) is 2.70. The Kier molecular flexibility index (Phi) is 5.92. The molecule has 4 nitrogen and oxygen atoms in total. The standard InChI is InChI=1S/C13H26N2O2/c1-5-17-8-12(9(2)3)15-13(16)11-6-7-14-10(11)4/h9-12,14H,5-8H2,1-4H3,(H,15,16). The van der Waals surface area contributed by atoms with Gasteiger partial charge in [-0.2, -0.15) is 0 Å². The van der Waals surface area contributed by atoms with E-state index >= 15 is 0 Å². The largest absolute Gasteiger partial charge is 0.380 e. The number of rotatable bonds is 6. The maximum absolute atomic E-state index is 12.1. The van der Waals surface area contributed by atoms with Gasteiger partial charge in [0.05, 0.1) is 18.6 Å². The summed E-state index contributed by atoms with van der Waals surface area (Å²) in [5, 5.41) is 6.42. The molecular weight excluding hydrogens is 216 g/mol. The van der Waals surface area contributed by atoms with Gasteiger partial charge in [-0.1, -0.05) is 13.8 Å². The fourth-order valence-corrected chi connectivity index (χ4v) is 2.15. The Labute approximate surface area is 104 Å². The molecule has 0 aliphatic carbocycles. The molecule has 0 spiro atoms. The van der Waals surface area contributed by atoms with Crippen molar-refractivity contribution in [3.05, 3.63) is 0 Å². The normalized spacial score (nSPS) is 26.2. The van der Waals surface area contributed by atoms with Crippen molar-refractivity contribution in [2.45, 2.75) is 46.2 Å². The van der Waals surface area contributed by atoms with Gasteiger partial charge in [0.2, 0.25) is 5.91 Å². The second-order valence-corrected chi connectivity index (χ2v) is 5.16. The van der Waals surface area contributed by atoms with Crippen LogP contribution in [0.25, 0.3) is 0 Å². The van der Waals surface area contributed by atoms with Gasteiger partial charge in [0.1, 0.15) is 0 Å². The van der Waals surface area contributed by atoms with E-state index in [2.05, 4.69) is 31.4 Å². The van der Waals surface area contributed by atoms with Gasteiger partial charge in [0, 0.05) is 12.6 Å². The number of nitrogens with one attached hydrogen (secondary N) is 2. The molecular formula is C13H26N2O2. The van der Waals surface area contributed by atoms with Crippen LogP contribution in [0.5, 0.6) is 0 Å². The molecule has 4 heteroatoms. The molecule has 17 heavy (non-hydrogen) atoms. The molecule has 3 atom stereocenters. The smallest absolute Gasteiger partial charge is 0.225 e. The summed E-state index contributed by atoms with van der Waals surface area (Å²) in [6, 6.07) is 0.408. The Morgan fingerprint density at radius 3 is 2.71 bits per heavy atom. The van der Waals surface area contributed by atoms with E-state index in [-0.39, 0.29) is 23.9 Å². The number of carbonyl (C=O) groups excluding carboxylic acids is 1. The molecule has 0 aromatic rings. The summed E-state index contributed by atoms with van der Waals surface area (Å²) >= 11 is 0. The van der Waals surface area contributed by atoms with Gasteiger partial charge in [-0.05, 0) is 32.7 Å². The number of carbonyl (C=O) groups is 1. The van der Waals surface area contributed by atoms with Crippen LogP contribution in [0.2, 0.25) is 0 Å². The van der Waals surface area contributed by atoms with Gasteiger partial charge in [0.25, 0.3) is 0 Å². The van der Waals surface area contributed by atoms with E-state index < -0.39 is 0 Å². The molecule has 0 radical (unpaired) electrons. The summed E-state index contributed by atoms with van der Waals surface area (Å²) < 4.78 is 5.42. The Morgan fingerprint density at radius 2 is 2.24 bits per heavy atom.